The summed E-state index contributed by atoms with van der Waals surface area (Å²) in [5, 5.41) is 3.24. The van der Waals surface area contributed by atoms with E-state index in [0.717, 1.165) is 43.3 Å². The summed E-state index contributed by atoms with van der Waals surface area (Å²) in [6.45, 7) is 3.86. The summed E-state index contributed by atoms with van der Waals surface area (Å²) in [7, 11) is 1.68. The molecule has 0 spiro atoms. The van der Waals surface area contributed by atoms with Crippen molar-refractivity contribution in [2.24, 2.45) is 5.92 Å². The number of rotatable bonds is 7. The lowest BCUT2D eigenvalue weighted by atomic mass is 10.1. The molecule has 4 rings (SSSR count). The average molecular weight is 372 g/mol. The molecule has 148 valence electrons. The van der Waals surface area contributed by atoms with Crippen LogP contribution >= 0.6 is 0 Å². The van der Waals surface area contributed by atoms with E-state index in [0.29, 0.717) is 18.5 Å². The fraction of sp³-hybridized carbons (Fsp3) is 0.682. The van der Waals surface area contributed by atoms with E-state index in [1.807, 2.05) is 17.0 Å². The van der Waals surface area contributed by atoms with Gasteiger partial charge in [-0.2, -0.15) is 0 Å². The van der Waals surface area contributed by atoms with Crippen LogP contribution in [0.2, 0.25) is 0 Å². The Bertz CT molecular complexity index is 623. The number of nitrogens with one attached hydrogen (secondary N) is 1. The van der Waals surface area contributed by atoms with E-state index >= 15 is 0 Å². The number of hydrogen-bond acceptors (Lipinski definition) is 3. The SMILES string of the molecule is COc1ccc(CN(C(=O)NCC2CCN(C3CCCC3)C2)C2CC2)cc1. The summed E-state index contributed by atoms with van der Waals surface area (Å²) in [5.74, 6) is 1.46. The predicted octanol–water partition coefficient (Wildman–Crippen LogP) is 3.63. The van der Waals surface area contributed by atoms with Crippen molar-refractivity contribution in [3.05, 3.63) is 29.8 Å². The Kier molecular flexibility index (Phi) is 5.86. The van der Waals surface area contributed by atoms with Gasteiger partial charge in [-0.3, -0.25) is 0 Å². The van der Waals surface area contributed by atoms with E-state index in [1.54, 1.807) is 7.11 Å². The summed E-state index contributed by atoms with van der Waals surface area (Å²) in [5.41, 5.74) is 1.16. The van der Waals surface area contributed by atoms with Crippen molar-refractivity contribution in [1.82, 2.24) is 15.1 Å². The zero-order chi connectivity index (χ0) is 18.6. The highest BCUT2D eigenvalue weighted by Crippen LogP contribution is 2.30. The summed E-state index contributed by atoms with van der Waals surface area (Å²) in [6, 6.07) is 9.36. The molecule has 0 aromatic heterocycles. The number of carbonyl (C=O) groups is 1. The van der Waals surface area contributed by atoms with Crippen LogP contribution in [0, 0.1) is 5.92 Å². The second-order valence-corrected chi connectivity index (χ2v) is 8.48. The molecule has 2 aliphatic carbocycles. The van der Waals surface area contributed by atoms with E-state index in [2.05, 4.69) is 22.3 Å². The Balaban J connectivity index is 1.26. The molecule has 1 aromatic carbocycles. The molecule has 0 radical (unpaired) electrons. The van der Waals surface area contributed by atoms with Gasteiger partial charge in [0, 0.05) is 31.7 Å². The van der Waals surface area contributed by atoms with E-state index in [9.17, 15) is 4.79 Å². The smallest absolute Gasteiger partial charge is 0.317 e. The minimum absolute atomic E-state index is 0.104. The van der Waals surface area contributed by atoms with Crippen molar-refractivity contribution in [2.75, 3.05) is 26.7 Å². The third kappa shape index (κ3) is 4.75. The van der Waals surface area contributed by atoms with Crippen LogP contribution < -0.4 is 10.1 Å². The monoisotopic (exact) mass is 371 g/mol. The number of nitrogens with zero attached hydrogens (tertiary/aromatic N) is 2. The molecule has 5 nitrogen and oxygen atoms in total. The van der Waals surface area contributed by atoms with Gasteiger partial charge in [-0.1, -0.05) is 25.0 Å². The number of hydrogen-bond donors (Lipinski definition) is 1. The van der Waals surface area contributed by atoms with E-state index < -0.39 is 0 Å². The van der Waals surface area contributed by atoms with Crippen molar-refractivity contribution in [3.8, 4) is 5.75 Å². The van der Waals surface area contributed by atoms with Gasteiger partial charge in [0.1, 0.15) is 5.75 Å². The Hall–Kier alpha value is -1.75. The zero-order valence-corrected chi connectivity index (χ0v) is 16.5. The number of likely N-dealkylation sites (tertiary alicyclic amines) is 1. The number of methoxy groups -OCH3 is 1. The third-order valence-corrected chi connectivity index (χ3v) is 6.46. The summed E-state index contributed by atoms with van der Waals surface area (Å²) >= 11 is 0. The van der Waals surface area contributed by atoms with Crippen LogP contribution in [0.15, 0.2) is 24.3 Å². The lowest BCUT2D eigenvalue weighted by Gasteiger charge is -2.25. The van der Waals surface area contributed by atoms with Gasteiger partial charge in [0.25, 0.3) is 0 Å². The average Bonchev–Trinajstić information content (AvgIpc) is 3.19. The van der Waals surface area contributed by atoms with Gasteiger partial charge in [0.15, 0.2) is 0 Å². The zero-order valence-electron chi connectivity index (χ0n) is 16.5. The molecule has 27 heavy (non-hydrogen) atoms. The molecular formula is C22H33N3O2. The van der Waals surface area contributed by atoms with Crippen molar-refractivity contribution in [3.63, 3.8) is 0 Å². The van der Waals surface area contributed by atoms with Crippen molar-refractivity contribution < 1.29 is 9.53 Å². The number of carbonyl (C=O) groups excluding carboxylic acids is 1. The van der Waals surface area contributed by atoms with Crippen LogP contribution in [0.4, 0.5) is 4.79 Å². The molecule has 1 atom stereocenters. The van der Waals surface area contributed by atoms with E-state index in [4.69, 9.17) is 4.74 Å². The van der Waals surface area contributed by atoms with Gasteiger partial charge in [-0.15, -0.1) is 0 Å². The first-order valence-electron chi connectivity index (χ1n) is 10.6. The first-order valence-corrected chi connectivity index (χ1v) is 10.6. The standard InChI is InChI=1S/C22H33N3O2/c1-27-21-10-6-17(7-11-21)16-25(20-8-9-20)22(26)23-14-18-12-13-24(15-18)19-4-2-3-5-19/h6-7,10-11,18-20H,2-5,8-9,12-16H2,1H3,(H,23,26). The molecule has 2 amide bonds. The van der Waals surface area contributed by atoms with Gasteiger partial charge >= 0.3 is 6.03 Å². The van der Waals surface area contributed by atoms with Crippen LogP contribution in [0.25, 0.3) is 0 Å². The molecule has 1 unspecified atom stereocenters. The Morgan fingerprint density at radius 1 is 1.15 bits per heavy atom. The third-order valence-electron chi connectivity index (χ3n) is 6.46. The molecule has 1 aliphatic heterocycles. The molecule has 1 aromatic rings. The lowest BCUT2D eigenvalue weighted by molar-refractivity contribution is 0.189. The summed E-state index contributed by atoms with van der Waals surface area (Å²) in [6.07, 6.45) is 9.00. The molecule has 1 heterocycles. The lowest BCUT2D eigenvalue weighted by Crippen LogP contribution is -2.43. The Morgan fingerprint density at radius 2 is 1.89 bits per heavy atom. The molecule has 0 bridgehead atoms. The quantitative estimate of drug-likeness (QED) is 0.796. The molecule has 3 aliphatic rings. The summed E-state index contributed by atoms with van der Waals surface area (Å²) < 4.78 is 5.23. The highest BCUT2D eigenvalue weighted by Gasteiger charge is 2.34. The van der Waals surface area contributed by atoms with Crippen molar-refractivity contribution in [2.45, 2.75) is 63.6 Å². The second kappa shape index (κ2) is 8.51. The first kappa shape index (κ1) is 18.6. The van der Waals surface area contributed by atoms with Crippen LogP contribution in [0.5, 0.6) is 5.75 Å². The van der Waals surface area contributed by atoms with E-state index in [1.165, 1.54) is 38.6 Å². The fourth-order valence-electron chi connectivity index (χ4n) is 4.64. The summed E-state index contributed by atoms with van der Waals surface area (Å²) in [4.78, 5) is 17.5. The second-order valence-electron chi connectivity index (χ2n) is 8.48. The Labute approximate surface area is 163 Å². The van der Waals surface area contributed by atoms with Crippen LogP contribution in [-0.4, -0.2) is 54.7 Å². The van der Waals surface area contributed by atoms with Gasteiger partial charge < -0.3 is 19.9 Å². The molecule has 1 saturated heterocycles. The van der Waals surface area contributed by atoms with E-state index in [-0.39, 0.29) is 6.03 Å². The van der Waals surface area contributed by atoms with Gasteiger partial charge in [0.05, 0.1) is 7.11 Å². The molecule has 2 saturated carbocycles. The molecule has 5 heteroatoms. The maximum Gasteiger partial charge on any atom is 0.317 e. The minimum Gasteiger partial charge on any atom is -0.497 e. The number of amides is 2. The Morgan fingerprint density at radius 3 is 2.56 bits per heavy atom. The van der Waals surface area contributed by atoms with Crippen LogP contribution in [0.3, 0.4) is 0 Å². The maximum atomic E-state index is 12.8. The minimum atomic E-state index is 0.104. The largest absolute Gasteiger partial charge is 0.497 e. The first-order chi connectivity index (χ1) is 13.2. The predicted molar refractivity (Wildman–Crippen MR) is 107 cm³/mol. The number of ether oxygens (including phenoxy) is 1. The topological polar surface area (TPSA) is 44.8 Å². The van der Waals surface area contributed by atoms with Crippen molar-refractivity contribution >= 4 is 6.03 Å². The maximum absolute atomic E-state index is 12.8. The number of benzene rings is 1. The van der Waals surface area contributed by atoms with Crippen LogP contribution in [-0.2, 0) is 6.54 Å². The van der Waals surface area contributed by atoms with Crippen molar-refractivity contribution in [1.29, 1.82) is 0 Å². The van der Waals surface area contributed by atoms with Gasteiger partial charge in [-0.05, 0) is 62.3 Å². The number of urea groups is 1. The normalized spacial score (nSPS) is 23.5. The van der Waals surface area contributed by atoms with Crippen LogP contribution in [0.1, 0.15) is 50.5 Å². The highest BCUT2D eigenvalue weighted by atomic mass is 16.5. The van der Waals surface area contributed by atoms with Gasteiger partial charge in [0.2, 0.25) is 0 Å². The molecule has 3 fully saturated rings. The highest BCUT2D eigenvalue weighted by molar-refractivity contribution is 5.75. The molecular weight excluding hydrogens is 338 g/mol. The van der Waals surface area contributed by atoms with Gasteiger partial charge in [-0.25, -0.2) is 4.79 Å². The molecule has 1 N–H and O–H groups in total. The fourth-order valence-corrected chi connectivity index (χ4v) is 4.64.